The zero-order valence-electron chi connectivity index (χ0n) is 12.0. The van der Waals surface area contributed by atoms with Gasteiger partial charge in [0, 0.05) is 19.6 Å². The summed E-state index contributed by atoms with van der Waals surface area (Å²) >= 11 is 0. The number of carbonyl (C=O) groups is 1. The van der Waals surface area contributed by atoms with E-state index in [1.54, 1.807) is 0 Å². The molecule has 18 heavy (non-hydrogen) atoms. The first-order valence-electron chi connectivity index (χ1n) is 7.66. The molecule has 0 aromatic carbocycles. The molecule has 104 valence electrons. The summed E-state index contributed by atoms with van der Waals surface area (Å²) in [6.45, 7) is 6.66. The lowest BCUT2D eigenvalue weighted by atomic mass is 9.81. The topological polar surface area (TPSA) is 46.3 Å². The predicted octanol–water partition coefficient (Wildman–Crippen LogP) is 2.40. The first-order chi connectivity index (χ1) is 8.66. The summed E-state index contributed by atoms with van der Waals surface area (Å²) in [7, 11) is 0. The van der Waals surface area contributed by atoms with Crippen molar-refractivity contribution in [3.8, 4) is 0 Å². The molecule has 0 aromatic heterocycles. The van der Waals surface area contributed by atoms with E-state index in [0.29, 0.717) is 12.5 Å². The Bertz CT molecular complexity index is 277. The SMILES string of the molecule is CCC(CC)(CN)C(=O)N1C[C@@H]2CCCC[C@H]2C1. The zero-order valence-corrected chi connectivity index (χ0v) is 12.0. The van der Waals surface area contributed by atoms with Crippen LogP contribution in [0.25, 0.3) is 0 Å². The van der Waals surface area contributed by atoms with Crippen LogP contribution in [0.2, 0.25) is 0 Å². The monoisotopic (exact) mass is 252 g/mol. The predicted molar refractivity (Wildman–Crippen MR) is 74.1 cm³/mol. The van der Waals surface area contributed by atoms with E-state index in [0.717, 1.165) is 37.8 Å². The quantitative estimate of drug-likeness (QED) is 0.835. The summed E-state index contributed by atoms with van der Waals surface area (Å²) in [6, 6.07) is 0. The zero-order chi connectivity index (χ0) is 13.2. The van der Waals surface area contributed by atoms with Gasteiger partial charge in [-0.3, -0.25) is 4.79 Å². The van der Waals surface area contributed by atoms with Crippen LogP contribution in [0.15, 0.2) is 0 Å². The second-order valence-corrected chi connectivity index (χ2v) is 6.21. The lowest BCUT2D eigenvalue weighted by Gasteiger charge is -2.33. The van der Waals surface area contributed by atoms with Gasteiger partial charge in [0.15, 0.2) is 0 Å². The number of likely N-dealkylation sites (tertiary alicyclic amines) is 1. The maximum atomic E-state index is 12.7. The summed E-state index contributed by atoms with van der Waals surface area (Å²) in [5.41, 5.74) is 5.60. The minimum Gasteiger partial charge on any atom is -0.342 e. The average molecular weight is 252 g/mol. The van der Waals surface area contributed by atoms with Gasteiger partial charge in [-0.2, -0.15) is 0 Å². The van der Waals surface area contributed by atoms with Crippen molar-refractivity contribution in [1.82, 2.24) is 4.90 Å². The van der Waals surface area contributed by atoms with E-state index in [9.17, 15) is 4.79 Å². The van der Waals surface area contributed by atoms with Crippen LogP contribution < -0.4 is 5.73 Å². The van der Waals surface area contributed by atoms with Gasteiger partial charge in [-0.25, -0.2) is 0 Å². The van der Waals surface area contributed by atoms with Crippen LogP contribution in [0.1, 0.15) is 52.4 Å². The van der Waals surface area contributed by atoms with Crippen molar-refractivity contribution < 1.29 is 4.79 Å². The number of nitrogens with two attached hydrogens (primary N) is 1. The van der Waals surface area contributed by atoms with E-state index >= 15 is 0 Å². The van der Waals surface area contributed by atoms with Crippen molar-refractivity contribution in [2.45, 2.75) is 52.4 Å². The Kier molecular flexibility index (Phi) is 4.31. The first kappa shape index (κ1) is 13.9. The maximum Gasteiger partial charge on any atom is 0.230 e. The van der Waals surface area contributed by atoms with Gasteiger partial charge in [0.25, 0.3) is 0 Å². The summed E-state index contributed by atoms with van der Waals surface area (Å²) < 4.78 is 0. The number of hydrogen-bond acceptors (Lipinski definition) is 2. The lowest BCUT2D eigenvalue weighted by Crippen LogP contribution is -2.46. The van der Waals surface area contributed by atoms with E-state index in [1.807, 2.05) is 0 Å². The van der Waals surface area contributed by atoms with Gasteiger partial charge in [0.05, 0.1) is 5.41 Å². The van der Waals surface area contributed by atoms with Gasteiger partial charge in [-0.05, 0) is 37.5 Å². The van der Waals surface area contributed by atoms with Gasteiger partial charge < -0.3 is 10.6 Å². The molecule has 2 aliphatic rings. The molecule has 0 aromatic rings. The minimum atomic E-state index is -0.298. The summed E-state index contributed by atoms with van der Waals surface area (Å²) in [6.07, 6.45) is 7.08. The van der Waals surface area contributed by atoms with Crippen molar-refractivity contribution >= 4 is 5.91 Å². The second kappa shape index (κ2) is 5.60. The highest BCUT2D eigenvalue weighted by Crippen LogP contribution is 2.38. The Labute approximate surface area is 111 Å². The van der Waals surface area contributed by atoms with Crippen LogP contribution in [0, 0.1) is 17.3 Å². The number of nitrogens with zero attached hydrogens (tertiary/aromatic N) is 1. The van der Waals surface area contributed by atoms with Crippen LogP contribution in [-0.2, 0) is 4.79 Å². The average Bonchev–Trinajstić information content (AvgIpc) is 2.85. The molecule has 0 unspecified atom stereocenters. The van der Waals surface area contributed by atoms with Crippen LogP contribution in [0.5, 0.6) is 0 Å². The van der Waals surface area contributed by atoms with Gasteiger partial charge in [0.1, 0.15) is 0 Å². The second-order valence-electron chi connectivity index (χ2n) is 6.21. The standard InChI is InChI=1S/C15H28N2O/c1-3-15(4-2,11-16)14(18)17-9-12-7-5-6-8-13(12)10-17/h12-13H,3-11,16H2,1-2H3/t12-,13-/m0/s1. The highest BCUT2D eigenvalue weighted by molar-refractivity contribution is 5.83. The maximum absolute atomic E-state index is 12.7. The lowest BCUT2D eigenvalue weighted by molar-refractivity contribution is -0.141. The van der Waals surface area contributed by atoms with Crippen LogP contribution in [-0.4, -0.2) is 30.4 Å². The van der Waals surface area contributed by atoms with E-state index in [4.69, 9.17) is 5.73 Å². The molecule has 2 atom stereocenters. The third kappa shape index (κ3) is 2.29. The van der Waals surface area contributed by atoms with Crippen LogP contribution in [0.3, 0.4) is 0 Å². The van der Waals surface area contributed by atoms with Gasteiger partial charge in [-0.1, -0.05) is 26.7 Å². The fourth-order valence-electron chi connectivity index (χ4n) is 3.84. The Morgan fingerprint density at radius 1 is 1.17 bits per heavy atom. The summed E-state index contributed by atoms with van der Waals surface area (Å²) in [4.78, 5) is 14.9. The summed E-state index contributed by atoms with van der Waals surface area (Å²) in [5.74, 6) is 1.86. The van der Waals surface area contributed by atoms with Gasteiger partial charge in [0.2, 0.25) is 5.91 Å². The number of fused-ring (bicyclic) bond motifs is 1. The molecule has 0 radical (unpaired) electrons. The molecule has 1 aliphatic carbocycles. The molecular formula is C15H28N2O. The van der Waals surface area contributed by atoms with Crippen LogP contribution in [0.4, 0.5) is 0 Å². The van der Waals surface area contributed by atoms with E-state index < -0.39 is 0 Å². The molecular weight excluding hydrogens is 224 g/mol. The Balaban J connectivity index is 2.05. The molecule has 0 bridgehead atoms. The fourth-order valence-corrected chi connectivity index (χ4v) is 3.84. The molecule has 3 nitrogen and oxygen atoms in total. The smallest absolute Gasteiger partial charge is 0.230 e. The van der Waals surface area contributed by atoms with E-state index in [1.165, 1.54) is 25.7 Å². The van der Waals surface area contributed by atoms with Gasteiger partial charge in [-0.15, -0.1) is 0 Å². The largest absolute Gasteiger partial charge is 0.342 e. The van der Waals surface area contributed by atoms with Crippen molar-refractivity contribution in [1.29, 1.82) is 0 Å². The number of hydrogen-bond donors (Lipinski definition) is 1. The highest BCUT2D eigenvalue weighted by atomic mass is 16.2. The van der Waals surface area contributed by atoms with Crippen LogP contribution >= 0.6 is 0 Å². The normalized spacial score (nSPS) is 28.3. The molecule has 2 rings (SSSR count). The Morgan fingerprint density at radius 3 is 2.06 bits per heavy atom. The van der Waals surface area contributed by atoms with Gasteiger partial charge >= 0.3 is 0 Å². The molecule has 1 saturated carbocycles. The van der Waals surface area contributed by atoms with Crippen molar-refractivity contribution in [3.63, 3.8) is 0 Å². The molecule has 0 spiro atoms. The number of amides is 1. The molecule has 2 N–H and O–H groups in total. The summed E-state index contributed by atoms with van der Waals surface area (Å²) in [5, 5.41) is 0. The third-order valence-corrected chi connectivity index (χ3v) is 5.46. The molecule has 3 heteroatoms. The third-order valence-electron chi connectivity index (χ3n) is 5.46. The molecule has 2 fully saturated rings. The Hall–Kier alpha value is -0.570. The fraction of sp³-hybridized carbons (Fsp3) is 0.933. The van der Waals surface area contributed by atoms with Crippen molar-refractivity contribution in [3.05, 3.63) is 0 Å². The van der Waals surface area contributed by atoms with Crippen molar-refractivity contribution in [2.75, 3.05) is 19.6 Å². The minimum absolute atomic E-state index is 0.298. The first-order valence-corrected chi connectivity index (χ1v) is 7.66. The van der Waals surface area contributed by atoms with Crippen molar-refractivity contribution in [2.24, 2.45) is 23.0 Å². The number of rotatable bonds is 4. The molecule has 1 aliphatic heterocycles. The van der Waals surface area contributed by atoms with E-state index in [-0.39, 0.29) is 5.41 Å². The highest BCUT2D eigenvalue weighted by Gasteiger charge is 2.43. The molecule has 1 heterocycles. The molecule has 1 amide bonds. The number of carbonyl (C=O) groups excluding carboxylic acids is 1. The molecule has 1 saturated heterocycles. The van der Waals surface area contributed by atoms with E-state index in [2.05, 4.69) is 18.7 Å². The Morgan fingerprint density at radius 2 is 1.67 bits per heavy atom.